The molecule has 1 aromatic heterocycles. The summed E-state index contributed by atoms with van der Waals surface area (Å²) in [6.45, 7) is 1.06. The highest BCUT2D eigenvalue weighted by Crippen LogP contribution is 2.51. The molecule has 2 aliphatic heterocycles. The normalized spacial score (nSPS) is 23.9. The average molecular weight is 620 g/mol. The fraction of sp³-hybridized carbons (Fsp3) is 0.433. The van der Waals surface area contributed by atoms with Gasteiger partial charge >= 0.3 is 0 Å². The Hall–Kier alpha value is -2.73. The molecule has 1 aliphatic carbocycles. The van der Waals surface area contributed by atoms with E-state index >= 15 is 8.78 Å². The lowest BCUT2D eigenvalue weighted by atomic mass is 9.75. The van der Waals surface area contributed by atoms with E-state index in [1.165, 1.54) is 30.3 Å². The molecule has 1 unspecified atom stereocenters. The molecule has 6 rings (SSSR count). The van der Waals surface area contributed by atoms with E-state index in [4.69, 9.17) is 32.7 Å². The number of aliphatic hydroxyl groups is 2. The number of benzene rings is 2. The number of halogens is 4. The molecule has 1 saturated heterocycles. The summed E-state index contributed by atoms with van der Waals surface area (Å²) in [5.74, 6) is -1.34. The van der Waals surface area contributed by atoms with Crippen molar-refractivity contribution in [3.05, 3.63) is 92.7 Å². The van der Waals surface area contributed by atoms with E-state index in [0.29, 0.717) is 23.4 Å². The number of fused-ring (bicyclic) bond motifs is 1. The number of aromatic nitrogens is 2. The lowest BCUT2D eigenvalue weighted by Gasteiger charge is -2.42. The zero-order chi connectivity index (χ0) is 29.9. The number of alkyl halides is 1. The van der Waals surface area contributed by atoms with Gasteiger partial charge in [0.25, 0.3) is 5.91 Å². The Morgan fingerprint density at radius 2 is 1.71 bits per heavy atom. The largest absolute Gasteiger partial charge is 0.387 e. The van der Waals surface area contributed by atoms with Crippen LogP contribution in [-0.4, -0.2) is 62.1 Å². The maximum Gasteiger partial charge on any atom is 0.257 e. The van der Waals surface area contributed by atoms with Crippen molar-refractivity contribution in [2.45, 2.75) is 61.7 Å². The van der Waals surface area contributed by atoms with Gasteiger partial charge in [-0.3, -0.25) is 9.69 Å². The lowest BCUT2D eigenvalue weighted by Crippen LogP contribution is -2.50. The molecule has 2 atom stereocenters. The SMILES string of the molecule is CC(O)(c1cc(F)c2c(c1)C(=O)N(Cc1ncc(Cl)cn1)[C@@]2(OCC1(O)CC1)c1ccc(Cl)cc1)C1(F)CCOCC1. The molecule has 222 valence electrons. The Balaban J connectivity index is 1.54. The van der Waals surface area contributed by atoms with E-state index < -0.39 is 34.3 Å². The first-order chi connectivity index (χ1) is 19.9. The van der Waals surface area contributed by atoms with Crippen molar-refractivity contribution in [1.82, 2.24) is 14.9 Å². The van der Waals surface area contributed by atoms with Gasteiger partial charge in [0.1, 0.15) is 22.9 Å². The second-order valence-corrected chi connectivity index (χ2v) is 12.3. The number of carbonyl (C=O) groups is 1. The monoisotopic (exact) mass is 619 g/mol. The van der Waals surface area contributed by atoms with E-state index in [0.717, 1.165) is 6.07 Å². The zero-order valence-corrected chi connectivity index (χ0v) is 24.3. The van der Waals surface area contributed by atoms with Gasteiger partial charge in [-0.05, 0) is 49.6 Å². The first-order valence-electron chi connectivity index (χ1n) is 13.6. The Kier molecular flexibility index (Phi) is 7.31. The van der Waals surface area contributed by atoms with E-state index in [2.05, 4.69) is 9.97 Å². The van der Waals surface area contributed by atoms with Crippen LogP contribution in [-0.2, 0) is 27.3 Å². The number of rotatable bonds is 8. The van der Waals surface area contributed by atoms with Gasteiger partial charge in [-0.25, -0.2) is 18.7 Å². The van der Waals surface area contributed by atoms with Gasteiger partial charge in [-0.15, -0.1) is 0 Å². The average Bonchev–Trinajstić information content (AvgIpc) is 3.66. The van der Waals surface area contributed by atoms with Crippen LogP contribution in [0.2, 0.25) is 10.0 Å². The highest BCUT2D eigenvalue weighted by atomic mass is 35.5. The second-order valence-electron chi connectivity index (χ2n) is 11.4. The predicted octanol–water partition coefficient (Wildman–Crippen LogP) is 5.05. The second kappa shape index (κ2) is 10.5. The zero-order valence-electron chi connectivity index (χ0n) is 22.7. The summed E-state index contributed by atoms with van der Waals surface area (Å²) < 4.78 is 44.3. The number of carbonyl (C=O) groups excluding carboxylic acids is 1. The van der Waals surface area contributed by atoms with Crippen LogP contribution in [0.3, 0.4) is 0 Å². The van der Waals surface area contributed by atoms with E-state index in [9.17, 15) is 15.0 Å². The molecular weight excluding hydrogens is 591 g/mol. The van der Waals surface area contributed by atoms with Gasteiger partial charge in [0, 0.05) is 49.0 Å². The molecule has 12 heteroatoms. The van der Waals surface area contributed by atoms with Crippen LogP contribution < -0.4 is 0 Å². The van der Waals surface area contributed by atoms with E-state index in [-0.39, 0.29) is 66.7 Å². The topological polar surface area (TPSA) is 105 Å². The number of nitrogens with zero attached hydrogens (tertiary/aromatic N) is 3. The van der Waals surface area contributed by atoms with Crippen molar-refractivity contribution < 1.29 is 33.3 Å². The maximum atomic E-state index is 16.6. The van der Waals surface area contributed by atoms with Gasteiger partial charge in [0.15, 0.2) is 5.72 Å². The minimum absolute atomic E-state index is 0.0908. The summed E-state index contributed by atoms with van der Waals surface area (Å²) in [4.78, 5) is 24.0. The molecule has 3 aliphatic rings. The van der Waals surface area contributed by atoms with E-state index in [1.54, 1.807) is 24.3 Å². The molecule has 0 bridgehead atoms. The molecule has 3 heterocycles. The molecule has 8 nitrogen and oxygen atoms in total. The highest BCUT2D eigenvalue weighted by molar-refractivity contribution is 6.30. The molecule has 2 fully saturated rings. The van der Waals surface area contributed by atoms with Gasteiger partial charge < -0.3 is 19.7 Å². The minimum atomic E-state index is -2.13. The molecule has 0 spiro atoms. The maximum absolute atomic E-state index is 16.6. The van der Waals surface area contributed by atoms with Gasteiger partial charge in [0.05, 0.1) is 34.9 Å². The number of amides is 1. The quantitative estimate of drug-likeness (QED) is 0.364. The Morgan fingerprint density at radius 3 is 2.33 bits per heavy atom. The van der Waals surface area contributed by atoms with Crippen LogP contribution in [0.15, 0.2) is 48.8 Å². The van der Waals surface area contributed by atoms with Crippen LogP contribution in [0, 0.1) is 5.82 Å². The molecule has 2 aromatic carbocycles. The number of hydrogen-bond donors (Lipinski definition) is 2. The van der Waals surface area contributed by atoms with Crippen LogP contribution in [0.1, 0.15) is 65.5 Å². The van der Waals surface area contributed by atoms with Crippen LogP contribution in [0.4, 0.5) is 8.78 Å². The Bertz CT molecular complexity index is 1510. The smallest absolute Gasteiger partial charge is 0.257 e. The third kappa shape index (κ3) is 4.88. The van der Waals surface area contributed by atoms with Crippen molar-refractivity contribution in [2.24, 2.45) is 0 Å². The summed E-state index contributed by atoms with van der Waals surface area (Å²) in [7, 11) is 0. The van der Waals surface area contributed by atoms with Gasteiger partial charge in [-0.2, -0.15) is 0 Å². The van der Waals surface area contributed by atoms with Crippen molar-refractivity contribution in [2.75, 3.05) is 19.8 Å². The highest BCUT2D eigenvalue weighted by Gasteiger charge is 2.58. The first kappa shape index (κ1) is 29.3. The molecule has 1 saturated carbocycles. The van der Waals surface area contributed by atoms with Gasteiger partial charge in [-0.1, -0.05) is 35.3 Å². The molecule has 0 radical (unpaired) electrons. The third-order valence-electron chi connectivity index (χ3n) is 8.59. The molecular formula is C30H29Cl2F2N3O5. The van der Waals surface area contributed by atoms with Crippen LogP contribution in [0.5, 0.6) is 0 Å². The summed E-state index contributed by atoms with van der Waals surface area (Å²) in [5, 5.41) is 22.9. The summed E-state index contributed by atoms with van der Waals surface area (Å²) in [6, 6.07) is 8.76. The number of hydrogen-bond acceptors (Lipinski definition) is 7. The molecule has 2 N–H and O–H groups in total. The number of ether oxygens (including phenoxy) is 2. The molecule has 3 aromatic rings. The predicted molar refractivity (Wildman–Crippen MR) is 149 cm³/mol. The van der Waals surface area contributed by atoms with Gasteiger partial charge in [0.2, 0.25) is 0 Å². The van der Waals surface area contributed by atoms with Crippen molar-refractivity contribution in [3.63, 3.8) is 0 Å². The van der Waals surface area contributed by atoms with Crippen LogP contribution in [0.25, 0.3) is 0 Å². The van der Waals surface area contributed by atoms with Crippen molar-refractivity contribution in [1.29, 1.82) is 0 Å². The summed E-state index contributed by atoms with van der Waals surface area (Å²) in [6.07, 6.45) is 3.53. The Morgan fingerprint density at radius 1 is 1.07 bits per heavy atom. The lowest BCUT2D eigenvalue weighted by molar-refractivity contribution is -0.143. The fourth-order valence-electron chi connectivity index (χ4n) is 5.75. The minimum Gasteiger partial charge on any atom is -0.387 e. The molecule has 42 heavy (non-hydrogen) atoms. The van der Waals surface area contributed by atoms with E-state index in [1.807, 2.05) is 0 Å². The standard InChI is InChI=1S/C30H29Cl2F2N3O5/c1-27(39,29(34)8-10-41-11-9-29)19-12-22-25(23(33)13-19)30(42-17-28(40)6-7-28,18-2-4-20(31)5-3-18)37(26(22)38)16-24-35-14-21(32)15-36-24/h2-5,12-15,39-40H,6-11,16-17H2,1H3/t27?,30-/m1/s1. The summed E-state index contributed by atoms with van der Waals surface area (Å²) in [5.41, 5.74) is -7.22. The van der Waals surface area contributed by atoms with Crippen LogP contribution >= 0.6 is 23.2 Å². The molecule has 1 amide bonds. The summed E-state index contributed by atoms with van der Waals surface area (Å²) >= 11 is 12.2. The third-order valence-corrected chi connectivity index (χ3v) is 9.04. The van der Waals surface area contributed by atoms with Crippen molar-refractivity contribution >= 4 is 29.1 Å². The van der Waals surface area contributed by atoms with Crippen molar-refractivity contribution in [3.8, 4) is 0 Å². The first-order valence-corrected chi connectivity index (χ1v) is 14.4. The Labute approximate surface area is 251 Å². The fourth-order valence-corrected chi connectivity index (χ4v) is 5.97.